The molecule has 0 N–H and O–H groups in total. The Morgan fingerprint density at radius 1 is 0.857 bits per heavy atom. The number of rotatable bonds is 0. The predicted molar refractivity (Wildman–Crippen MR) is 84.6 cm³/mol. The molecule has 0 aromatic heterocycles. The second-order valence-electron chi connectivity index (χ2n) is 5.55. The van der Waals surface area contributed by atoms with Crippen molar-refractivity contribution in [3.05, 3.63) is 59.2 Å². The minimum absolute atomic E-state index is 0.110. The SMILES string of the molecule is O=C1C=CC=C2C1=Cc1ccccc12.O=C1CCCCC1. The molecular formula is C19H18O2. The number of hydrogen-bond donors (Lipinski definition) is 0. The van der Waals surface area contributed by atoms with Gasteiger partial charge in [0.25, 0.3) is 0 Å². The van der Waals surface area contributed by atoms with Crippen LogP contribution in [0.3, 0.4) is 0 Å². The normalized spacial score (nSPS) is 19.0. The summed E-state index contributed by atoms with van der Waals surface area (Å²) in [6, 6.07) is 8.08. The van der Waals surface area contributed by atoms with Crippen LogP contribution in [-0.2, 0) is 9.59 Å². The molecule has 1 aromatic carbocycles. The Balaban J connectivity index is 0.000000160. The maximum atomic E-state index is 11.5. The summed E-state index contributed by atoms with van der Waals surface area (Å²) in [6.45, 7) is 0. The van der Waals surface area contributed by atoms with Crippen LogP contribution in [0.4, 0.5) is 0 Å². The van der Waals surface area contributed by atoms with E-state index < -0.39 is 0 Å². The Hall–Kier alpha value is -2.22. The van der Waals surface area contributed by atoms with Crippen LogP contribution < -0.4 is 0 Å². The molecule has 4 rings (SSSR count). The highest BCUT2D eigenvalue weighted by Gasteiger charge is 2.23. The molecule has 1 aromatic rings. The highest BCUT2D eigenvalue weighted by atomic mass is 16.1. The minimum Gasteiger partial charge on any atom is -0.300 e. The largest absolute Gasteiger partial charge is 0.300 e. The van der Waals surface area contributed by atoms with E-state index in [2.05, 4.69) is 6.07 Å². The first-order valence-corrected chi connectivity index (χ1v) is 7.51. The zero-order valence-corrected chi connectivity index (χ0v) is 12.0. The van der Waals surface area contributed by atoms with Gasteiger partial charge in [-0.1, -0.05) is 42.8 Å². The summed E-state index contributed by atoms with van der Waals surface area (Å²) in [5, 5.41) is 0. The van der Waals surface area contributed by atoms with Crippen LogP contribution in [0, 0.1) is 0 Å². The third kappa shape index (κ3) is 2.94. The summed E-state index contributed by atoms with van der Waals surface area (Å²) in [5.74, 6) is 0.574. The van der Waals surface area contributed by atoms with Gasteiger partial charge in [0.2, 0.25) is 0 Å². The highest BCUT2D eigenvalue weighted by Crippen LogP contribution is 2.37. The van der Waals surface area contributed by atoms with Gasteiger partial charge in [-0.15, -0.1) is 0 Å². The average Bonchev–Trinajstić information content (AvgIpc) is 2.89. The number of carbonyl (C=O) groups excluding carboxylic acids is 2. The van der Waals surface area contributed by atoms with Crippen molar-refractivity contribution >= 4 is 23.2 Å². The number of carbonyl (C=O) groups is 2. The predicted octanol–water partition coefficient (Wildman–Crippen LogP) is 4.13. The molecule has 3 aliphatic carbocycles. The zero-order valence-electron chi connectivity index (χ0n) is 12.0. The summed E-state index contributed by atoms with van der Waals surface area (Å²) in [5.41, 5.74) is 4.20. The molecular weight excluding hydrogens is 260 g/mol. The Morgan fingerprint density at radius 2 is 1.62 bits per heavy atom. The first-order chi connectivity index (χ1) is 10.3. The monoisotopic (exact) mass is 278 g/mol. The lowest BCUT2D eigenvalue weighted by Gasteiger charge is -2.06. The fraction of sp³-hybridized carbons (Fsp3) is 0.263. The first-order valence-electron chi connectivity index (χ1n) is 7.51. The molecule has 21 heavy (non-hydrogen) atoms. The van der Waals surface area contributed by atoms with Crippen LogP contribution in [0.1, 0.15) is 43.2 Å². The van der Waals surface area contributed by atoms with Gasteiger partial charge >= 0.3 is 0 Å². The van der Waals surface area contributed by atoms with Crippen LogP contribution in [-0.4, -0.2) is 11.6 Å². The van der Waals surface area contributed by atoms with Crippen molar-refractivity contribution in [2.75, 3.05) is 0 Å². The van der Waals surface area contributed by atoms with Gasteiger partial charge in [-0.2, -0.15) is 0 Å². The molecule has 0 saturated heterocycles. The lowest BCUT2D eigenvalue weighted by Crippen LogP contribution is -2.02. The summed E-state index contributed by atoms with van der Waals surface area (Å²) >= 11 is 0. The summed E-state index contributed by atoms with van der Waals surface area (Å²) in [7, 11) is 0. The van der Waals surface area contributed by atoms with Crippen molar-refractivity contribution in [1.29, 1.82) is 0 Å². The second kappa shape index (κ2) is 6.04. The van der Waals surface area contributed by atoms with E-state index in [0.717, 1.165) is 42.4 Å². The highest BCUT2D eigenvalue weighted by molar-refractivity contribution is 6.23. The van der Waals surface area contributed by atoms with Gasteiger partial charge in [-0.25, -0.2) is 0 Å². The molecule has 2 heteroatoms. The summed E-state index contributed by atoms with van der Waals surface area (Å²) in [6.07, 6.45) is 12.6. The van der Waals surface area contributed by atoms with E-state index in [1.54, 1.807) is 6.08 Å². The van der Waals surface area contributed by atoms with E-state index in [0.29, 0.717) is 5.78 Å². The molecule has 0 radical (unpaired) electrons. The van der Waals surface area contributed by atoms with E-state index >= 15 is 0 Å². The lowest BCUT2D eigenvalue weighted by atomic mass is 9.96. The number of benzene rings is 1. The van der Waals surface area contributed by atoms with Crippen molar-refractivity contribution < 1.29 is 9.59 Å². The Bertz CT molecular complexity index is 667. The van der Waals surface area contributed by atoms with E-state index in [1.165, 1.54) is 12.0 Å². The van der Waals surface area contributed by atoms with Gasteiger partial charge in [0.05, 0.1) is 0 Å². The lowest BCUT2D eigenvalue weighted by molar-refractivity contribution is -0.120. The first kappa shape index (κ1) is 13.7. The van der Waals surface area contributed by atoms with E-state index in [4.69, 9.17) is 0 Å². The Kier molecular flexibility index (Phi) is 3.96. The van der Waals surface area contributed by atoms with Crippen molar-refractivity contribution in [3.8, 4) is 0 Å². The van der Waals surface area contributed by atoms with Crippen LogP contribution in [0.2, 0.25) is 0 Å². The van der Waals surface area contributed by atoms with Gasteiger partial charge in [0.1, 0.15) is 5.78 Å². The topological polar surface area (TPSA) is 34.1 Å². The molecule has 2 nitrogen and oxygen atoms in total. The molecule has 0 amide bonds. The fourth-order valence-electron chi connectivity index (χ4n) is 2.90. The van der Waals surface area contributed by atoms with Crippen LogP contribution in [0.15, 0.2) is 48.1 Å². The summed E-state index contributed by atoms with van der Waals surface area (Å²) < 4.78 is 0. The molecule has 1 fully saturated rings. The van der Waals surface area contributed by atoms with Crippen molar-refractivity contribution in [3.63, 3.8) is 0 Å². The molecule has 0 unspecified atom stereocenters. The number of Topliss-reactive ketones (excluding diaryl/α,β-unsaturated/α-hetero) is 1. The van der Waals surface area contributed by atoms with Crippen molar-refractivity contribution in [1.82, 2.24) is 0 Å². The Morgan fingerprint density at radius 3 is 2.33 bits per heavy atom. The number of ketones is 2. The van der Waals surface area contributed by atoms with E-state index in [1.807, 2.05) is 36.4 Å². The Labute approximate surface area is 124 Å². The molecule has 0 bridgehead atoms. The number of allylic oxidation sites excluding steroid dienone is 5. The van der Waals surface area contributed by atoms with Crippen molar-refractivity contribution in [2.24, 2.45) is 0 Å². The fourth-order valence-corrected chi connectivity index (χ4v) is 2.90. The molecule has 106 valence electrons. The molecule has 0 atom stereocenters. The van der Waals surface area contributed by atoms with Gasteiger partial charge in [0.15, 0.2) is 5.78 Å². The van der Waals surface area contributed by atoms with E-state index in [9.17, 15) is 9.59 Å². The van der Waals surface area contributed by atoms with Gasteiger partial charge < -0.3 is 0 Å². The van der Waals surface area contributed by atoms with Crippen LogP contribution in [0.25, 0.3) is 11.6 Å². The third-order valence-corrected chi connectivity index (χ3v) is 4.03. The molecule has 0 heterocycles. The number of fused-ring (bicyclic) bond motifs is 3. The third-order valence-electron chi connectivity index (χ3n) is 4.03. The van der Waals surface area contributed by atoms with Gasteiger partial charge in [-0.3, -0.25) is 9.59 Å². The van der Waals surface area contributed by atoms with Crippen molar-refractivity contribution in [2.45, 2.75) is 32.1 Å². The molecule has 0 aliphatic heterocycles. The number of hydrogen-bond acceptors (Lipinski definition) is 2. The van der Waals surface area contributed by atoms with Crippen LogP contribution >= 0.6 is 0 Å². The molecule has 3 aliphatic rings. The smallest absolute Gasteiger partial charge is 0.186 e. The maximum absolute atomic E-state index is 11.5. The van der Waals surface area contributed by atoms with Crippen LogP contribution in [0.5, 0.6) is 0 Å². The van der Waals surface area contributed by atoms with Gasteiger partial charge in [0, 0.05) is 18.4 Å². The standard InChI is InChI=1S/C13H8O.C6H10O/c14-13-7-3-6-11-10-5-2-1-4-9(10)8-12(11)13;7-6-4-2-1-3-5-6/h1-8H;1-5H2. The summed E-state index contributed by atoms with van der Waals surface area (Å²) in [4.78, 5) is 22.0. The quantitative estimate of drug-likeness (QED) is 0.715. The maximum Gasteiger partial charge on any atom is 0.186 e. The molecule has 1 saturated carbocycles. The second-order valence-corrected chi connectivity index (χ2v) is 5.55. The zero-order chi connectivity index (χ0) is 14.7. The molecule has 0 spiro atoms. The van der Waals surface area contributed by atoms with Gasteiger partial charge in [-0.05, 0) is 41.7 Å². The average molecular weight is 278 g/mol. The minimum atomic E-state index is 0.110. The van der Waals surface area contributed by atoms with E-state index in [-0.39, 0.29) is 5.78 Å².